The van der Waals surface area contributed by atoms with Crippen molar-refractivity contribution in [2.75, 3.05) is 6.54 Å². The van der Waals surface area contributed by atoms with Crippen LogP contribution in [0.15, 0.2) is 18.5 Å². The Bertz CT molecular complexity index is 282. The van der Waals surface area contributed by atoms with Gasteiger partial charge in [0.1, 0.15) is 0 Å². The minimum absolute atomic E-state index is 0.0474. The van der Waals surface area contributed by atoms with E-state index in [2.05, 4.69) is 10.4 Å². The van der Waals surface area contributed by atoms with Gasteiger partial charge in [-0.15, -0.1) is 0 Å². The SMILES string of the molecule is CC(N)CCNC(=O)CCn1cccn1. The normalized spacial score (nSPS) is 12.4. The van der Waals surface area contributed by atoms with Crippen molar-refractivity contribution >= 4 is 5.91 Å². The lowest BCUT2D eigenvalue weighted by atomic mass is 10.2. The summed E-state index contributed by atoms with van der Waals surface area (Å²) in [6.45, 7) is 3.20. The quantitative estimate of drug-likeness (QED) is 0.700. The molecule has 1 rings (SSSR count). The van der Waals surface area contributed by atoms with E-state index < -0.39 is 0 Å². The fourth-order valence-corrected chi connectivity index (χ4v) is 1.18. The van der Waals surface area contributed by atoms with Crippen molar-refractivity contribution in [2.45, 2.75) is 32.4 Å². The summed E-state index contributed by atoms with van der Waals surface area (Å²) >= 11 is 0. The molecule has 0 fully saturated rings. The highest BCUT2D eigenvalue weighted by atomic mass is 16.1. The van der Waals surface area contributed by atoms with E-state index in [9.17, 15) is 4.79 Å². The Morgan fingerprint density at radius 2 is 2.47 bits per heavy atom. The number of nitrogens with two attached hydrogens (primary N) is 1. The molecule has 5 nitrogen and oxygen atoms in total. The van der Waals surface area contributed by atoms with Crippen LogP contribution in [0.2, 0.25) is 0 Å². The van der Waals surface area contributed by atoms with Gasteiger partial charge in [-0.25, -0.2) is 0 Å². The van der Waals surface area contributed by atoms with E-state index in [1.165, 1.54) is 0 Å². The summed E-state index contributed by atoms with van der Waals surface area (Å²) in [5, 5.41) is 6.83. The third-order valence-corrected chi connectivity index (χ3v) is 2.05. The lowest BCUT2D eigenvalue weighted by molar-refractivity contribution is -0.121. The van der Waals surface area contributed by atoms with Crippen LogP contribution in [0.3, 0.4) is 0 Å². The molecule has 0 aliphatic rings. The molecule has 15 heavy (non-hydrogen) atoms. The third kappa shape index (κ3) is 5.17. The molecular formula is C10H18N4O. The summed E-state index contributed by atoms with van der Waals surface area (Å²) in [5.41, 5.74) is 5.56. The molecule has 0 spiro atoms. The highest BCUT2D eigenvalue weighted by Gasteiger charge is 2.01. The highest BCUT2D eigenvalue weighted by Crippen LogP contribution is 1.90. The average Bonchev–Trinajstić information content (AvgIpc) is 2.66. The maximum absolute atomic E-state index is 11.3. The zero-order chi connectivity index (χ0) is 11.1. The summed E-state index contributed by atoms with van der Waals surface area (Å²) < 4.78 is 1.74. The highest BCUT2D eigenvalue weighted by molar-refractivity contribution is 5.75. The number of nitrogens with one attached hydrogen (secondary N) is 1. The molecule has 1 aromatic heterocycles. The van der Waals surface area contributed by atoms with E-state index in [4.69, 9.17) is 5.73 Å². The molecule has 1 heterocycles. The standard InChI is InChI=1S/C10H18N4O/c1-9(11)3-6-12-10(15)4-8-14-7-2-5-13-14/h2,5,7,9H,3-4,6,8,11H2,1H3,(H,12,15). The van der Waals surface area contributed by atoms with Crippen molar-refractivity contribution in [3.63, 3.8) is 0 Å². The van der Waals surface area contributed by atoms with Crippen LogP contribution in [-0.2, 0) is 11.3 Å². The molecule has 0 aliphatic carbocycles. The third-order valence-electron chi connectivity index (χ3n) is 2.05. The molecule has 0 radical (unpaired) electrons. The van der Waals surface area contributed by atoms with Crippen molar-refractivity contribution in [1.29, 1.82) is 0 Å². The fraction of sp³-hybridized carbons (Fsp3) is 0.600. The van der Waals surface area contributed by atoms with Crippen LogP contribution < -0.4 is 11.1 Å². The summed E-state index contributed by atoms with van der Waals surface area (Å²) in [7, 11) is 0. The number of amides is 1. The maximum atomic E-state index is 11.3. The molecule has 3 N–H and O–H groups in total. The fourth-order valence-electron chi connectivity index (χ4n) is 1.18. The molecule has 5 heteroatoms. The van der Waals surface area contributed by atoms with Crippen LogP contribution in [0.5, 0.6) is 0 Å². The second-order valence-electron chi connectivity index (χ2n) is 3.64. The number of nitrogens with zero attached hydrogens (tertiary/aromatic N) is 2. The largest absolute Gasteiger partial charge is 0.356 e. The number of aromatic nitrogens is 2. The van der Waals surface area contributed by atoms with E-state index in [0.29, 0.717) is 19.5 Å². The first kappa shape index (κ1) is 11.7. The first-order valence-corrected chi connectivity index (χ1v) is 5.18. The summed E-state index contributed by atoms with van der Waals surface area (Å²) in [6.07, 6.45) is 4.82. The van der Waals surface area contributed by atoms with Gasteiger partial charge in [0, 0.05) is 37.9 Å². The Hall–Kier alpha value is -1.36. The zero-order valence-electron chi connectivity index (χ0n) is 9.02. The van der Waals surface area contributed by atoms with Gasteiger partial charge in [-0.05, 0) is 19.4 Å². The van der Waals surface area contributed by atoms with Crippen LogP contribution in [0.4, 0.5) is 0 Å². The summed E-state index contributed by atoms with van der Waals surface area (Å²) in [6, 6.07) is 1.98. The van der Waals surface area contributed by atoms with Gasteiger partial charge < -0.3 is 11.1 Å². The van der Waals surface area contributed by atoms with Gasteiger partial charge in [-0.2, -0.15) is 5.10 Å². The lowest BCUT2D eigenvalue weighted by Gasteiger charge is -2.07. The van der Waals surface area contributed by atoms with Gasteiger partial charge in [0.25, 0.3) is 0 Å². The molecule has 1 aromatic rings. The summed E-state index contributed by atoms with van der Waals surface area (Å²) in [4.78, 5) is 11.3. The predicted molar refractivity (Wildman–Crippen MR) is 58.1 cm³/mol. The average molecular weight is 210 g/mol. The Morgan fingerprint density at radius 3 is 3.07 bits per heavy atom. The van der Waals surface area contributed by atoms with E-state index >= 15 is 0 Å². The second kappa shape index (κ2) is 6.19. The number of hydrogen-bond donors (Lipinski definition) is 2. The van der Waals surface area contributed by atoms with Crippen molar-refractivity contribution in [2.24, 2.45) is 5.73 Å². The maximum Gasteiger partial charge on any atom is 0.221 e. The Balaban J connectivity index is 2.09. The Morgan fingerprint density at radius 1 is 1.67 bits per heavy atom. The molecule has 1 unspecified atom stereocenters. The number of carbonyl (C=O) groups is 1. The number of rotatable bonds is 6. The number of hydrogen-bond acceptors (Lipinski definition) is 3. The van der Waals surface area contributed by atoms with Gasteiger partial charge in [0.2, 0.25) is 5.91 Å². The first-order valence-electron chi connectivity index (χ1n) is 5.18. The number of carbonyl (C=O) groups excluding carboxylic acids is 1. The molecule has 0 aromatic carbocycles. The Kier molecular flexibility index (Phi) is 4.83. The molecule has 1 atom stereocenters. The van der Waals surface area contributed by atoms with E-state index in [1.807, 2.05) is 19.2 Å². The van der Waals surface area contributed by atoms with Crippen LogP contribution in [-0.4, -0.2) is 28.3 Å². The van der Waals surface area contributed by atoms with Crippen molar-refractivity contribution < 1.29 is 4.79 Å². The molecule has 0 saturated carbocycles. The molecule has 0 aliphatic heterocycles. The molecular weight excluding hydrogens is 192 g/mol. The molecule has 1 amide bonds. The van der Waals surface area contributed by atoms with Gasteiger partial charge in [-0.3, -0.25) is 9.48 Å². The van der Waals surface area contributed by atoms with Crippen LogP contribution in [0, 0.1) is 0 Å². The van der Waals surface area contributed by atoms with Crippen LogP contribution in [0.25, 0.3) is 0 Å². The number of aryl methyl sites for hydroxylation is 1. The second-order valence-corrected chi connectivity index (χ2v) is 3.64. The van der Waals surface area contributed by atoms with Crippen molar-refractivity contribution in [3.05, 3.63) is 18.5 Å². The van der Waals surface area contributed by atoms with Gasteiger partial charge in [-0.1, -0.05) is 0 Å². The molecule has 84 valence electrons. The predicted octanol–water partition coefficient (Wildman–Crippen LogP) is 0.127. The summed E-state index contributed by atoms with van der Waals surface area (Å²) in [5.74, 6) is 0.0474. The van der Waals surface area contributed by atoms with Crippen LogP contribution in [0.1, 0.15) is 19.8 Å². The topological polar surface area (TPSA) is 72.9 Å². The van der Waals surface area contributed by atoms with E-state index in [-0.39, 0.29) is 11.9 Å². The molecule has 0 bridgehead atoms. The van der Waals surface area contributed by atoms with Gasteiger partial charge in [0.05, 0.1) is 0 Å². The minimum Gasteiger partial charge on any atom is -0.356 e. The van der Waals surface area contributed by atoms with Gasteiger partial charge >= 0.3 is 0 Å². The lowest BCUT2D eigenvalue weighted by Crippen LogP contribution is -2.29. The van der Waals surface area contributed by atoms with Crippen molar-refractivity contribution in [3.8, 4) is 0 Å². The van der Waals surface area contributed by atoms with E-state index in [1.54, 1.807) is 10.9 Å². The van der Waals surface area contributed by atoms with Crippen LogP contribution >= 0.6 is 0 Å². The Labute approximate surface area is 89.6 Å². The molecule has 0 saturated heterocycles. The monoisotopic (exact) mass is 210 g/mol. The van der Waals surface area contributed by atoms with Gasteiger partial charge in [0.15, 0.2) is 0 Å². The van der Waals surface area contributed by atoms with Crippen molar-refractivity contribution in [1.82, 2.24) is 15.1 Å². The zero-order valence-corrected chi connectivity index (χ0v) is 9.02. The minimum atomic E-state index is 0.0474. The van der Waals surface area contributed by atoms with E-state index in [0.717, 1.165) is 6.42 Å². The first-order chi connectivity index (χ1) is 7.18. The smallest absolute Gasteiger partial charge is 0.221 e.